The Balaban J connectivity index is 1.68. The van der Waals surface area contributed by atoms with Gasteiger partial charge in [0, 0.05) is 30.1 Å². The molecule has 1 aromatic heterocycles. The lowest BCUT2D eigenvalue weighted by atomic mass is 10.1. The summed E-state index contributed by atoms with van der Waals surface area (Å²) in [5, 5.41) is 4.83. The van der Waals surface area contributed by atoms with Crippen LogP contribution in [0, 0.1) is 11.6 Å². The Bertz CT molecular complexity index is 688. The van der Waals surface area contributed by atoms with Crippen LogP contribution in [0.25, 0.3) is 0 Å². The first-order chi connectivity index (χ1) is 11.6. The molecule has 0 aliphatic carbocycles. The van der Waals surface area contributed by atoms with Gasteiger partial charge >= 0.3 is 0 Å². The van der Waals surface area contributed by atoms with Crippen molar-refractivity contribution in [1.82, 2.24) is 10.2 Å². The number of hydrogen-bond acceptors (Lipinski definition) is 4. The number of nitrogens with one attached hydrogen (secondary N) is 1. The molecule has 7 heteroatoms. The van der Waals surface area contributed by atoms with Crippen LogP contribution in [0.2, 0.25) is 0 Å². The lowest BCUT2D eigenvalue weighted by Crippen LogP contribution is -2.43. The Morgan fingerprint density at radius 1 is 1.25 bits per heavy atom. The zero-order valence-corrected chi connectivity index (χ0v) is 13.8. The van der Waals surface area contributed by atoms with E-state index in [0.717, 1.165) is 30.1 Å². The van der Waals surface area contributed by atoms with Gasteiger partial charge in [-0.05, 0) is 29.6 Å². The lowest BCUT2D eigenvalue weighted by Gasteiger charge is -2.34. The molecular weight excluding hydrogens is 334 g/mol. The number of hydrogen-bond donors (Lipinski definition) is 1. The highest BCUT2D eigenvalue weighted by molar-refractivity contribution is 7.10. The van der Waals surface area contributed by atoms with Crippen molar-refractivity contribution < 1.29 is 18.3 Å². The van der Waals surface area contributed by atoms with Crippen LogP contribution in [0.1, 0.15) is 21.3 Å². The second kappa shape index (κ2) is 7.83. The Morgan fingerprint density at radius 3 is 2.71 bits per heavy atom. The molecule has 1 aliphatic rings. The van der Waals surface area contributed by atoms with E-state index in [1.165, 1.54) is 6.07 Å². The summed E-state index contributed by atoms with van der Waals surface area (Å²) in [4.78, 5) is 15.6. The van der Waals surface area contributed by atoms with Crippen LogP contribution >= 0.6 is 11.3 Å². The predicted molar refractivity (Wildman–Crippen MR) is 88.1 cm³/mol. The fraction of sp³-hybridized carbons (Fsp3) is 0.353. The summed E-state index contributed by atoms with van der Waals surface area (Å²) in [6.45, 7) is 3.32. The maximum atomic E-state index is 13.3. The van der Waals surface area contributed by atoms with E-state index in [0.29, 0.717) is 19.8 Å². The van der Waals surface area contributed by atoms with Crippen molar-refractivity contribution in [3.63, 3.8) is 0 Å². The number of rotatable bonds is 5. The van der Waals surface area contributed by atoms with Gasteiger partial charge in [0.1, 0.15) is 0 Å². The summed E-state index contributed by atoms with van der Waals surface area (Å²) in [5.41, 5.74) is 0.112. The van der Waals surface area contributed by atoms with Gasteiger partial charge in [0.25, 0.3) is 5.91 Å². The van der Waals surface area contributed by atoms with E-state index >= 15 is 0 Å². The molecule has 0 saturated carbocycles. The fourth-order valence-electron chi connectivity index (χ4n) is 2.71. The second-order valence-corrected chi connectivity index (χ2v) is 6.50. The molecule has 0 unspecified atom stereocenters. The third-order valence-electron chi connectivity index (χ3n) is 4.00. The van der Waals surface area contributed by atoms with Crippen molar-refractivity contribution in [3.8, 4) is 0 Å². The van der Waals surface area contributed by atoms with E-state index in [9.17, 15) is 13.6 Å². The first kappa shape index (κ1) is 17.0. The van der Waals surface area contributed by atoms with Gasteiger partial charge in [0.2, 0.25) is 0 Å². The normalized spacial score (nSPS) is 16.8. The zero-order valence-electron chi connectivity index (χ0n) is 13.0. The number of carbonyl (C=O) groups is 1. The van der Waals surface area contributed by atoms with Crippen LogP contribution in [0.15, 0.2) is 35.7 Å². The Morgan fingerprint density at radius 2 is 2.04 bits per heavy atom. The molecule has 1 fully saturated rings. The van der Waals surface area contributed by atoms with Gasteiger partial charge in [0.05, 0.1) is 19.3 Å². The monoisotopic (exact) mass is 352 g/mol. The number of nitrogens with zero attached hydrogens (tertiary/aromatic N) is 1. The van der Waals surface area contributed by atoms with Crippen molar-refractivity contribution in [2.45, 2.75) is 6.04 Å². The van der Waals surface area contributed by atoms with Gasteiger partial charge in [-0.3, -0.25) is 9.69 Å². The van der Waals surface area contributed by atoms with Gasteiger partial charge in [0.15, 0.2) is 11.6 Å². The SMILES string of the molecule is O=C(NC[C@H](c1cccs1)N1CCOCC1)c1ccc(F)c(F)c1. The summed E-state index contributed by atoms with van der Waals surface area (Å²) in [6, 6.07) is 7.22. The Labute approximate surface area is 143 Å². The average Bonchev–Trinajstić information content (AvgIpc) is 3.12. The molecular formula is C17H18F2N2O2S. The topological polar surface area (TPSA) is 41.6 Å². The van der Waals surface area contributed by atoms with Gasteiger partial charge in [-0.1, -0.05) is 6.07 Å². The van der Waals surface area contributed by atoms with Gasteiger partial charge in [-0.25, -0.2) is 8.78 Å². The third kappa shape index (κ3) is 3.98. The minimum atomic E-state index is -1.02. The third-order valence-corrected chi connectivity index (χ3v) is 4.97. The Kier molecular flexibility index (Phi) is 5.55. The molecule has 24 heavy (non-hydrogen) atoms. The summed E-state index contributed by atoms with van der Waals surface area (Å²) >= 11 is 1.63. The smallest absolute Gasteiger partial charge is 0.251 e. The number of morpholine rings is 1. The van der Waals surface area contributed by atoms with Crippen LogP contribution in [-0.2, 0) is 4.74 Å². The van der Waals surface area contributed by atoms with Crippen molar-refractivity contribution in [2.75, 3.05) is 32.8 Å². The van der Waals surface area contributed by atoms with Crippen molar-refractivity contribution in [1.29, 1.82) is 0 Å². The molecule has 1 saturated heterocycles. The average molecular weight is 352 g/mol. The van der Waals surface area contributed by atoms with Crippen LogP contribution in [-0.4, -0.2) is 43.7 Å². The van der Waals surface area contributed by atoms with Crippen molar-refractivity contribution >= 4 is 17.2 Å². The number of benzene rings is 1. The first-order valence-electron chi connectivity index (χ1n) is 7.73. The van der Waals surface area contributed by atoms with E-state index in [4.69, 9.17) is 4.74 Å². The van der Waals surface area contributed by atoms with Gasteiger partial charge in [-0.15, -0.1) is 11.3 Å². The molecule has 3 rings (SSSR count). The minimum absolute atomic E-state index is 0.0446. The maximum Gasteiger partial charge on any atom is 0.251 e. The van der Waals surface area contributed by atoms with E-state index in [1.54, 1.807) is 11.3 Å². The molecule has 1 aromatic carbocycles. The second-order valence-electron chi connectivity index (χ2n) is 5.52. The largest absolute Gasteiger partial charge is 0.379 e. The summed E-state index contributed by atoms with van der Waals surface area (Å²) in [7, 11) is 0. The van der Waals surface area contributed by atoms with Gasteiger partial charge in [-0.2, -0.15) is 0 Å². The number of halogens is 2. The predicted octanol–water partition coefficient (Wildman–Crippen LogP) is 2.83. The summed E-state index contributed by atoms with van der Waals surface area (Å²) in [5.74, 6) is -2.40. The highest BCUT2D eigenvalue weighted by atomic mass is 32.1. The van der Waals surface area contributed by atoms with Crippen LogP contribution in [0.4, 0.5) is 8.78 Å². The summed E-state index contributed by atoms with van der Waals surface area (Å²) < 4.78 is 31.6. The number of amides is 1. The van der Waals surface area contributed by atoms with Crippen molar-refractivity contribution in [3.05, 3.63) is 57.8 Å². The standard InChI is InChI=1S/C17H18F2N2O2S/c18-13-4-3-12(10-14(13)19)17(22)20-11-15(16-2-1-9-24-16)21-5-7-23-8-6-21/h1-4,9-10,15H,5-8,11H2,(H,20,22)/t15-/m1/s1. The summed E-state index contributed by atoms with van der Waals surface area (Å²) in [6.07, 6.45) is 0. The molecule has 128 valence electrons. The van der Waals surface area contributed by atoms with Gasteiger partial charge < -0.3 is 10.1 Å². The van der Waals surface area contributed by atoms with E-state index in [2.05, 4.69) is 10.2 Å². The molecule has 0 radical (unpaired) electrons. The highest BCUT2D eigenvalue weighted by Crippen LogP contribution is 2.25. The lowest BCUT2D eigenvalue weighted by molar-refractivity contribution is 0.0169. The molecule has 1 N–H and O–H groups in total. The van der Waals surface area contributed by atoms with Crippen LogP contribution in [0.3, 0.4) is 0 Å². The Hall–Kier alpha value is -1.83. The zero-order chi connectivity index (χ0) is 16.9. The van der Waals surface area contributed by atoms with Crippen molar-refractivity contribution in [2.24, 2.45) is 0 Å². The molecule has 1 aliphatic heterocycles. The molecule has 0 bridgehead atoms. The number of ether oxygens (including phenoxy) is 1. The van der Waals surface area contributed by atoms with Crippen LogP contribution in [0.5, 0.6) is 0 Å². The maximum absolute atomic E-state index is 13.3. The molecule has 1 atom stereocenters. The number of carbonyl (C=O) groups excluding carboxylic acids is 1. The number of thiophene rings is 1. The molecule has 0 spiro atoms. The van der Waals surface area contributed by atoms with E-state index in [-0.39, 0.29) is 11.6 Å². The molecule has 1 amide bonds. The molecule has 2 heterocycles. The van der Waals surface area contributed by atoms with E-state index in [1.807, 2.05) is 17.5 Å². The highest BCUT2D eigenvalue weighted by Gasteiger charge is 2.24. The molecule has 4 nitrogen and oxygen atoms in total. The first-order valence-corrected chi connectivity index (χ1v) is 8.61. The minimum Gasteiger partial charge on any atom is -0.379 e. The molecule has 2 aromatic rings. The van der Waals surface area contributed by atoms with E-state index < -0.39 is 17.5 Å². The van der Waals surface area contributed by atoms with Crippen LogP contribution < -0.4 is 5.32 Å². The quantitative estimate of drug-likeness (QED) is 0.900. The fourth-order valence-corrected chi connectivity index (χ4v) is 3.57.